The van der Waals surface area contributed by atoms with Crippen molar-refractivity contribution in [3.05, 3.63) is 34.0 Å². The predicted molar refractivity (Wildman–Crippen MR) is 68.6 cm³/mol. The Balaban J connectivity index is 2.42. The Kier molecular flexibility index (Phi) is 3.07. The lowest BCUT2D eigenvalue weighted by molar-refractivity contribution is 1.16. The number of hydrogen-bond acceptors (Lipinski definition) is 5. The van der Waals surface area contributed by atoms with E-state index >= 15 is 0 Å². The molecule has 0 aliphatic carbocycles. The molecule has 0 bridgehead atoms. The first-order valence-electron chi connectivity index (χ1n) is 5.18. The molecule has 2 aromatic rings. The zero-order chi connectivity index (χ0) is 12.4. The van der Waals surface area contributed by atoms with Gasteiger partial charge in [-0.05, 0) is 32.4 Å². The van der Waals surface area contributed by atoms with Gasteiger partial charge in [0.25, 0.3) is 0 Å². The van der Waals surface area contributed by atoms with E-state index in [1.807, 2.05) is 26.8 Å². The van der Waals surface area contributed by atoms with Gasteiger partial charge in [0.1, 0.15) is 6.07 Å². The van der Waals surface area contributed by atoms with Crippen molar-refractivity contribution in [3.8, 4) is 6.07 Å². The number of nitrogens with zero attached hydrogens (tertiary/aromatic N) is 3. The van der Waals surface area contributed by atoms with Crippen LogP contribution in [0.1, 0.15) is 21.7 Å². The summed E-state index contributed by atoms with van der Waals surface area (Å²) in [4.78, 5) is 9.67. The molecule has 1 N–H and O–H groups in total. The molecule has 17 heavy (non-hydrogen) atoms. The van der Waals surface area contributed by atoms with Crippen molar-refractivity contribution in [1.29, 1.82) is 5.26 Å². The lowest BCUT2D eigenvalue weighted by Crippen LogP contribution is -2.00. The summed E-state index contributed by atoms with van der Waals surface area (Å²) < 4.78 is 0. The standard InChI is InChI=1S/C12H12N4S/c1-7-4-8(2)15-11(10(7)5-13)16-12-14-6-9(3)17-12/h4,6H,1-3H3,(H,14,15,16). The number of nitriles is 1. The lowest BCUT2D eigenvalue weighted by atomic mass is 10.1. The van der Waals surface area contributed by atoms with Gasteiger partial charge in [-0.25, -0.2) is 9.97 Å². The van der Waals surface area contributed by atoms with Crippen LogP contribution in [0.2, 0.25) is 0 Å². The lowest BCUT2D eigenvalue weighted by Gasteiger charge is -2.07. The number of pyridine rings is 1. The SMILES string of the molecule is Cc1cc(C)c(C#N)c(Nc2ncc(C)s2)n1. The van der Waals surface area contributed by atoms with Gasteiger partial charge in [-0.1, -0.05) is 0 Å². The van der Waals surface area contributed by atoms with Gasteiger partial charge in [0.2, 0.25) is 0 Å². The monoisotopic (exact) mass is 244 g/mol. The largest absolute Gasteiger partial charge is 0.315 e. The first-order chi connectivity index (χ1) is 8.10. The Hall–Kier alpha value is -1.93. The summed E-state index contributed by atoms with van der Waals surface area (Å²) in [7, 11) is 0. The third-order valence-corrected chi connectivity index (χ3v) is 3.13. The minimum Gasteiger partial charge on any atom is -0.315 e. The predicted octanol–water partition coefficient (Wildman–Crippen LogP) is 3.08. The van der Waals surface area contributed by atoms with Crippen LogP contribution in [-0.4, -0.2) is 9.97 Å². The smallest absolute Gasteiger partial charge is 0.188 e. The molecule has 0 saturated carbocycles. The van der Waals surface area contributed by atoms with Crippen molar-refractivity contribution in [3.63, 3.8) is 0 Å². The number of anilines is 2. The molecule has 0 aliphatic rings. The van der Waals surface area contributed by atoms with Crippen LogP contribution in [0.25, 0.3) is 0 Å². The molecular weight excluding hydrogens is 232 g/mol. The highest BCUT2D eigenvalue weighted by atomic mass is 32.1. The number of nitrogens with one attached hydrogen (secondary N) is 1. The summed E-state index contributed by atoms with van der Waals surface area (Å²) in [6.07, 6.45) is 1.79. The van der Waals surface area contributed by atoms with Gasteiger partial charge in [0.15, 0.2) is 10.9 Å². The molecule has 2 heterocycles. The number of aryl methyl sites for hydroxylation is 3. The molecule has 0 radical (unpaired) electrons. The third kappa shape index (κ3) is 2.43. The summed E-state index contributed by atoms with van der Waals surface area (Å²) in [6.45, 7) is 5.81. The van der Waals surface area contributed by atoms with Gasteiger partial charge in [-0.2, -0.15) is 5.26 Å². The molecule has 0 unspecified atom stereocenters. The van der Waals surface area contributed by atoms with E-state index in [2.05, 4.69) is 21.4 Å². The van der Waals surface area contributed by atoms with Crippen LogP contribution >= 0.6 is 11.3 Å². The fourth-order valence-electron chi connectivity index (χ4n) is 1.58. The van der Waals surface area contributed by atoms with E-state index in [0.717, 1.165) is 21.3 Å². The Morgan fingerprint density at radius 1 is 1.35 bits per heavy atom. The normalized spacial score (nSPS) is 10.0. The maximum atomic E-state index is 9.13. The molecule has 86 valence electrons. The van der Waals surface area contributed by atoms with E-state index in [1.165, 1.54) is 0 Å². The molecule has 5 heteroatoms. The minimum absolute atomic E-state index is 0.573. The van der Waals surface area contributed by atoms with E-state index < -0.39 is 0 Å². The van der Waals surface area contributed by atoms with Crippen LogP contribution in [0.5, 0.6) is 0 Å². The Labute approximate surface area is 104 Å². The van der Waals surface area contributed by atoms with E-state index in [0.29, 0.717) is 11.4 Å². The molecule has 0 amide bonds. The first-order valence-corrected chi connectivity index (χ1v) is 5.99. The van der Waals surface area contributed by atoms with Crippen molar-refractivity contribution in [2.24, 2.45) is 0 Å². The maximum absolute atomic E-state index is 9.13. The molecule has 0 atom stereocenters. The molecule has 0 fully saturated rings. The van der Waals surface area contributed by atoms with Crippen LogP contribution in [0, 0.1) is 32.1 Å². The summed E-state index contributed by atoms with van der Waals surface area (Å²) in [5.41, 5.74) is 2.39. The fraction of sp³-hybridized carbons (Fsp3) is 0.250. The van der Waals surface area contributed by atoms with Crippen molar-refractivity contribution < 1.29 is 0 Å². The first kappa shape index (κ1) is 11.6. The molecule has 2 rings (SSSR count). The zero-order valence-corrected chi connectivity index (χ0v) is 10.7. The minimum atomic E-state index is 0.573. The van der Waals surface area contributed by atoms with Crippen molar-refractivity contribution >= 4 is 22.3 Å². The second-order valence-corrected chi connectivity index (χ2v) is 5.05. The van der Waals surface area contributed by atoms with Crippen LogP contribution in [-0.2, 0) is 0 Å². The highest BCUT2D eigenvalue weighted by Gasteiger charge is 2.09. The highest BCUT2D eigenvalue weighted by Crippen LogP contribution is 2.24. The van der Waals surface area contributed by atoms with Crippen molar-refractivity contribution in [2.75, 3.05) is 5.32 Å². The van der Waals surface area contributed by atoms with Gasteiger partial charge in [0, 0.05) is 16.8 Å². The average molecular weight is 244 g/mol. The van der Waals surface area contributed by atoms with Crippen LogP contribution in [0.4, 0.5) is 10.9 Å². The van der Waals surface area contributed by atoms with E-state index in [-0.39, 0.29) is 0 Å². The molecule has 0 aromatic carbocycles. The maximum Gasteiger partial charge on any atom is 0.188 e. The van der Waals surface area contributed by atoms with Crippen LogP contribution < -0.4 is 5.32 Å². The Bertz CT molecular complexity index is 595. The number of hydrogen-bond donors (Lipinski definition) is 1. The molecule has 4 nitrogen and oxygen atoms in total. The molecule has 2 aromatic heterocycles. The van der Waals surface area contributed by atoms with Gasteiger partial charge in [0.05, 0.1) is 5.56 Å². The van der Waals surface area contributed by atoms with Crippen LogP contribution in [0.3, 0.4) is 0 Å². The molecule has 0 saturated heterocycles. The van der Waals surface area contributed by atoms with E-state index in [1.54, 1.807) is 17.5 Å². The summed E-state index contributed by atoms with van der Waals surface area (Å²) >= 11 is 1.54. The average Bonchev–Trinajstić information content (AvgIpc) is 2.63. The van der Waals surface area contributed by atoms with Gasteiger partial charge >= 0.3 is 0 Å². The molecule has 0 aliphatic heterocycles. The second-order valence-electron chi connectivity index (χ2n) is 3.82. The van der Waals surface area contributed by atoms with Gasteiger partial charge < -0.3 is 5.32 Å². The van der Waals surface area contributed by atoms with Gasteiger partial charge in [-0.15, -0.1) is 11.3 Å². The number of rotatable bonds is 2. The highest BCUT2D eigenvalue weighted by molar-refractivity contribution is 7.15. The Morgan fingerprint density at radius 2 is 2.12 bits per heavy atom. The zero-order valence-electron chi connectivity index (χ0n) is 9.90. The quantitative estimate of drug-likeness (QED) is 0.881. The Morgan fingerprint density at radius 3 is 2.71 bits per heavy atom. The van der Waals surface area contributed by atoms with E-state index in [4.69, 9.17) is 5.26 Å². The number of aromatic nitrogens is 2. The van der Waals surface area contributed by atoms with Crippen molar-refractivity contribution in [1.82, 2.24) is 9.97 Å². The third-order valence-electron chi connectivity index (χ3n) is 2.30. The van der Waals surface area contributed by atoms with Crippen molar-refractivity contribution in [2.45, 2.75) is 20.8 Å². The van der Waals surface area contributed by atoms with Crippen LogP contribution in [0.15, 0.2) is 12.3 Å². The molecule has 0 spiro atoms. The second kappa shape index (κ2) is 4.52. The number of thiazole rings is 1. The van der Waals surface area contributed by atoms with Gasteiger partial charge in [-0.3, -0.25) is 0 Å². The summed E-state index contributed by atoms with van der Waals surface area (Å²) in [5, 5.41) is 13.0. The summed E-state index contributed by atoms with van der Waals surface area (Å²) in [5.74, 6) is 0.583. The summed E-state index contributed by atoms with van der Waals surface area (Å²) in [6, 6.07) is 4.07. The molecular formula is C12H12N4S. The topological polar surface area (TPSA) is 61.6 Å². The fourth-order valence-corrected chi connectivity index (χ4v) is 2.25. The van der Waals surface area contributed by atoms with E-state index in [9.17, 15) is 0 Å².